The van der Waals surface area contributed by atoms with Crippen LogP contribution in [0.5, 0.6) is 0 Å². The van der Waals surface area contributed by atoms with Crippen molar-refractivity contribution in [3.8, 4) is 0 Å². The van der Waals surface area contributed by atoms with E-state index in [0.717, 1.165) is 12.8 Å². The zero-order valence-corrected chi connectivity index (χ0v) is 10.2. The largest absolute Gasteiger partial charge is 0.371 e. The fourth-order valence-corrected chi connectivity index (χ4v) is 3.23. The van der Waals surface area contributed by atoms with Gasteiger partial charge in [0.05, 0.1) is 17.0 Å². The lowest BCUT2D eigenvalue weighted by Gasteiger charge is -2.39. The number of hydrogen-bond donors (Lipinski definition) is 0. The van der Waals surface area contributed by atoms with E-state index in [0.29, 0.717) is 0 Å². The molecule has 0 spiro atoms. The van der Waals surface area contributed by atoms with E-state index in [9.17, 15) is 8.42 Å². The zero-order valence-electron chi connectivity index (χ0n) is 9.41. The van der Waals surface area contributed by atoms with Gasteiger partial charge in [0.25, 0.3) is 0 Å². The van der Waals surface area contributed by atoms with Crippen molar-refractivity contribution in [2.75, 3.05) is 5.75 Å². The van der Waals surface area contributed by atoms with Crippen LogP contribution in [0.1, 0.15) is 40.5 Å². The van der Waals surface area contributed by atoms with Crippen LogP contribution in [0.25, 0.3) is 0 Å². The molecule has 0 heterocycles. The van der Waals surface area contributed by atoms with Crippen LogP contribution in [0.4, 0.5) is 0 Å². The Morgan fingerprint density at radius 2 is 1.86 bits per heavy atom. The smallest absolute Gasteiger partial charge is 0.155 e. The topological polar surface area (TPSA) is 43.4 Å². The maximum absolute atomic E-state index is 11.6. The van der Waals surface area contributed by atoms with Crippen LogP contribution in [0.2, 0.25) is 0 Å². The molecule has 0 saturated heterocycles. The van der Waals surface area contributed by atoms with E-state index in [4.69, 9.17) is 4.74 Å². The van der Waals surface area contributed by atoms with Gasteiger partial charge >= 0.3 is 0 Å². The molecule has 0 radical (unpaired) electrons. The molecule has 0 amide bonds. The van der Waals surface area contributed by atoms with Crippen molar-refractivity contribution in [3.63, 3.8) is 0 Å². The Balaban J connectivity index is 2.60. The number of sulfone groups is 1. The third-order valence-corrected chi connectivity index (χ3v) is 4.79. The fourth-order valence-electron chi connectivity index (χ4n) is 1.65. The third kappa shape index (κ3) is 2.70. The minimum Gasteiger partial charge on any atom is -0.371 e. The Labute approximate surface area is 86.8 Å². The summed E-state index contributed by atoms with van der Waals surface area (Å²) in [5.41, 5.74) is -0.243. The summed E-state index contributed by atoms with van der Waals surface area (Å²) < 4.78 is 28.9. The van der Waals surface area contributed by atoms with Crippen LogP contribution < -0.4 is 0 Å². The first kappa shape index (κ1) is 12.0. The van der Waals surface area contributed by atoms with Crippen LogP contribution in [0.15, 0.2) is 0 Å². The van der Waals surface area contributed by atoms with Crippen LogP contribution in [0.3, 0.4) is 0 Å². The first-order valence-corrected chi connectivity index (χ1v) is 6.87. The second-order valence-corrected chi connectivity index (χ2v) is 7.34. The molecule has 1 saturated carbocycles. The van der Waals surface area contributed by atoms with Gasteiger partial charge in [0.2, 0.25) is 0 Å². The molecule has 0 aliphatic heterocycles. The van der Waals surface area contributed by atoms with Gasteiger partial charge in [-0.25, -0.2) is 8.42 Å². The normalized spacial score (nSPS) is 28.6. The van der Waals surface area contributed by atoms with Gasteiger partial charge in [-0.2, -0.15) is 0 Å². The molecule has 0 unspecified atom stereocenters. The van der Waals surface area contributed by atoms with Crippen LogP contribution in [-0.4, -0.2) is 31.1 Å². The van der Waals surface area contributed by atoms with Gasteiger partial charge in [-0.1, -0.05) is 6.92 Å². The minimum atomic E-state index is -2.91. The molecular weight excluding hydrogens is 200 g/mol. The van der Waals surface area contributed by atoms with Crippen molar-refractivity contribution in [1.82, 2.24) is 0 Å². The molecule has 0 aromatic rings. The fraction of sp³-hybridized carbons (Fsp3) is 1.00. The summed E-state index contributed by atoms with van der Waals surface area (Å²) in [4.78, 5) is 0. The Bertz CT molecular complexity index is 287. The maximum atomic E-state index is 11.6. The molecule has 1 rings (SSSR count). The highest BCUT2D eigenvalue weighted by Crippen LogP contribution is 2.33. The molecule has 0 aromatic heterocycles. The molecule has 14 heavy (non-hydrogen) atoms. The van der Waals surface area contributed by atoms with Crippen molar-refractivity contribution in [2.45, 2.75) is 57.5 Å². The second kappa shape index (κ2) is 3.81. The van der Waals surface area contributed by atoms with E-state index in [1.165, 1.54) is 0 Å². The standard InChI is InChI=1S/C10H20O3S/c1-5-14(11,12)9-7-6-8(9)13-10(2,3)4/h8-9H,5-7H2,1-4H3/t8-,9-/m0/s1. The molecule has 4 heteroatoms. The molecule has 1 aliphatic rings. The summed E-state index contributed by atoms with van der Waals surface area (Å²) >= 11 is 0. The van der Waals surface area contributed by atoms with Gasteiger partial charge in [0.1, 0.15) is 0 Å². The molecule has 84 valence electrons. The summed E-state index contributed by atoms with van der Waals surface area (Å²) in [6, 6.07) is 0. The summed E-state index contributed by atoms with van der Waals surface area (Å²) in [5.74, 6) is 0.224. The minimum absolute atomic E-state index is 0.0834. The zero-order chi connectivity index (χ0) is 11.0. The lowest BCUT2D eigenvalue weighted by Crippen LogP contribution is -2.48. The Morgan fingerprint density at radius 1 is 1.29 bits per heavy atom. The van der Waals surface area contributed by atoms with Crippen molar-refractivity contribution in [3.05, 3.63) is 0 Å². The van der Waals surface area contributed by atoms with Crippen LogP contribution in [0, 0.1) is 0 Å². The molecule has 2 atom stereocenters. The molecule has 0 aromatic carbocycles. The molecular formula is C10H20O3S. The van der Waals surface area contributed by atoms with E-state index in [-0.39, 0.29) is 22.7 Å². The summed E-state index contributed by atoms with van der Waals surface area (Å²) in [5, 5.41) is -0.258. The number of rotatable bonds is 3. The van der Waals surface area contributed by atoms with Crippen molar-refractivity contribution in [2.24, 2.45) is 0 Å². The van der Waals surface area contributed by atoms with Gasteiger partial charge in [-0.3, -0.25) is 0 Å². The molecule has 1 fully saturated rings. The molecule has 1 aliphatic carbocycles. The number of hydrogen-bond acceptors (Lipinski definition) is 3. The summed E-state index contributed by atoms with van der Waals surface area (Å²) in [7, 11) is -2.91. The van der Waals surface area contributed by atoms with Gasteiger partial charge < -0.3 is 4.74 Å². The Kier molecular flexibility index (Phi) is 3.26. The average molecular weight is 220 g/mol. The molecule has 3 nitrogen and oxygen atoms in total. The first-order valence-electron chi connectivity index (χ1n) is 5.15. The van der Waals surface area contributed by atoms with E-state index < -0.39 is 9.84 Å². The summed E-state index contributed by atoms with van der Waals surface area (Å²) in [6.45, 7) is 7.57. The van der Waals surface area contributed by atoms with E-state index in [1.54, 1.807) is 6.92 Å². The predicted molar refractivity (Wildman–Crippen MR) is 57.1 cm³/mol. The Hall–Kier alpha value is -0.0900. The lowest BCUT2D eigenvalue weighted by molar-refractivity contribution is -0.0888. The second-order valence-electron chi connectivity index (χ2n) is 4.84. The van der Waals surface area contributed by atoms with E-state index >= 15 is 0 Å². The van der Waals surface area contributed by atoms with Crippen molar-refractivity contribution >= 4 is 9.84 Å². The van der Waals surface area contributed by atoms with Gasteiger partial charge in [-0.15, -0.1) is 0 Å². The Morgan fingerprint density at radius 3 is 2.14 bits per heavy atom. The van der Waals surface area contributed by atoms with Gasteiger partial charge in [0.15, 0.2) is 9.84 Å². The summed E-state index contributed by atoms with van der Waals surface area (Å²) in [6.07, 6.45) is 1.55. The highest BCUT2D eigenvalue weighted by atomic mass is 32.2. The molecule has 0 bridgehead atoms. The lowest BCUT2D eigenvalue weighted by atomic mass is 9.94. The molecule has 0 N–H and O–H groups in total. The van der Waals surface area contributed by atoms with Crippen LogP contribution >= 0.6 is 0 Å². The quantitative estimate of drug-likeness (QED) is 0.728. The SMILES string of the molecule is CCS(=O)(=O)[C@H]1CC[C@@H]1OC(C)(C)C. The maximum Gasteiger partial charge on any atom is 0.155 e. The van der Waals surface area contributed by atoms with E-state index in [1.807, 2.05) is 20.8 Å². The predicted octanol–water partition coefficient (Wildman–Crippen LogP) is 1.77. The number of ether oxygens (including phenoxy) is 1. The van der Waals surface area contributed by atoms with Crippen LogP contribution in [-0.2, 0) is 14.6 Å². The highest BCUT2D eigenvalue weighted by molar-refractivity contribution is 7.92. The van der Waals surface area contributed by atoms with Gasteiger partial charge in [-0.05, 0) is 33.6 Å². The average Bonchev–Trinajstić information content (AvgIpc) is 1.96. The van der Waals surface area contributed by atoms with E-state index in [2.05, 4.69) is 0 Å². The highest BCUT2D eigenvalue weighted by Gasteiger charge is 2.42. The first-order chi connectivity index (χ1) is 6.26. The van der Waals surface area contributed by atoms with Crippen molar-refractivity contribution < 1.29 is 13.2 Å². The van der Waals surface area contributed by atoms with Crippen molar-refractivity contribution in [1.29, 1.82) is 0 Å². The third-order valence-electron chi connectivity index (χ3n) is 2.52. The van der Waals surface area contributed by atoms with Gasteiger partial charge in [0, 0.05) is 5.75 Å². The monoisotopic (exact) mass is 220 g/mol.